The molecule has 1 amide bonds. The van der Waals surface area contributed by atoms with Gasteiger partial charge in [-0.2, -0.15) is 5.10 Å². The number of halogens is 1. The van der Waals surface area contributed by atoms with Crippen LogP contribution in [0, 0.1) is 13.8 Å². The van der Waals surface area contributed by atoms with E-state index in [0.717, 1.165) is 11.4 Å². The van der Waals surface area contributed by atoms with E-state index in [9.17, 15) is 4.79 Å². The highest BCUT2D eigenvalue weighted by atomic mass is 79.9. The lowest BCUT2D eigenvalue weighted by Crippen LogP contribution is -2.12. The van der Waals surface area contributed by atoms with E-state index in [1.807, 2.05) is 19.9 Å². The average molecular weight is 346 g/mol. The van der Waals surface area contributed by atoms with Crippen LogP contribution in [0.2, 0.25) is 0 Å². The Balaban J connectivity index is 1.96. The number of hydrogen-bond acceptors (Lipinski definition) is 4. The van der Waals surface area contributed by atoms with Crippen molar-refractivity contribution in [2.75, 3.05) is 5.32 Å². The molecule has 1 N–H and O–H groups in total. The summed E-state index contributed by atoms with van der Waals surface area (Å²) < 4.78 is 2.37. The molecule has 0 aliphatic heterocycles. The number of rotatable bonds is 2. The molecule has 0 saturated carbocycles. The topological polar surface area (TPSA) is 72.2 Å². The first-order valence-electron chi connectivity index (χ1n) is 6.29. The third-order valence-corrected chi connectivity index (χ3v) is 3.48. The molecule has 0 unspecified atom stereocenters. The average Bonchev–Trinajstić information content (AvgIpc) is 2.85. The molecule has 0 saturated heterocycles. The molecule has 0 aliphatic carbocycles. The largest absolute Gasteiger partial charge is 0.320 e. The Morgan fingerprint density at radius 3 is 2.81 bits per heavy atom. The summed E-state index contributed by atoms with van der Waals surface area (Å²) in [4.78, 5) is 20.8. The lowest BCUT2D eigenvalue weighted by atomic mass is 10.3. The zero-order valence-corrected chi connectivity index (χ0v) is 13.0. The minimum atomic E-state index is -0.258. The van der Waals surface area contributed by atoms with Crippen molar-refractivity contribution in [1.29, 1.82) is 0 Å². The summed E-state index contributed by atoms with van der Waals surface area (Å²) >= 11 is 3.25. The van der Waals surface area contributed by atoms with Gasteiger partial charge < -0.3 is 5.32 Å². The van der Waals surface area contributed by atoms with Crippen LogP contribution >= 0.6 is 15.9 Å². The molecule has 3 aromatic rings. The number of fused-ring (bicyclic) bond motifs is 1. The number of nitrogens with zero attached hydrogens (tertiary/aromatic N) is 4. The number of aromatic nitrogens is 4. The van der Waals surface area contributed by atoms with Crippen molar-refractivity contribution >= 4 is 33.2 Å². The Hall–Kier alpha value is -2.28. The molecule has 6 nitrogen and oxygen atoms in total. The number of pyridine rings is 1. The Morgan fingerprint density at radius 2 is 2.10 bits per heavy atom. The highest BCUT2D eigenvalue weighted by molar-refractivity contribution is 9.10. The van der Waals surface area contributed by atoms with Gasteiger partial charge in [-0.05, 0) is 48.0 Å². The number of carbonyl (C=O) groups is 1. The molecule has 0 fully saturated rings. The van der Waals surface area contributed by atoms with Crippen molar-refractivity contribution in [3.8, 4) is 0 Å². The van der Waals surface area contributed by atoms with Crippen LogP contribution in [0.5, 0.6) is 0 Å². The Labute approximate surface area is 129 Å². The molecule has 3 rings (SSSR count). The number of aryl methyl sites for hydroxylation is 2. The van der Waals surface area contributed by atoms with Gasteiger partial charge in [0.05, 0.1) is 18.1 Å². The molecule has 0 aliphatic rings. The van der Waals surface area contributed by atoms with Gasteiger partial charge in [-0.3, -0.25) is 4.79 Å². The Kier molecular flexibility index (Phi) is 3.42. The first kappa shape index (κ1) is 13.7. The molecule has 7 heteroatoms. The molecule has 21 heavy (non-hydrogen) atoms. The Morgan fingerprint density at radius 1 is 1.29 bits per heavy atom. The van der Waals surface area contributed by atoms with Crippen LogP contribution in [0.3, 0.4) is 0 Å². The minimum Gasteiger partial charge on any atom is -0.320 e. The first-order chi connectivity index (χ1) is 10.0. The number of hydrogen-bond donors (Lipinski definition) is 1. The highest BCUT2D eigenvalue weighted by Crippen LogP contribution is 2.15. The summed E-state index contributed by atoms with van der Waals surface area (Å²) in [6.45, 7) is 3.81. The molecule has 3 heterocycles. The van der Waals surface area contributed by atoms with Crippen LogP contribution in [0.1, 0.15) is 21.7 Å². The van der Waals surface area contributed by atoms with Crippen LogP contribution in [-0.2, 0) is 0 Å². The van der Waals surface area contributed by atoms with Crippen LogP contribution in [0.4, 0.5) is 5.69 Å². The fourth-order valence-corrected chi connectivity index (χ4v) is 2.31. The molecule has 0 atom stereocenters. The smallest absolute Gasteiger partial charge is 0.261 e. The SMILES string of the molecule is Cc1cc(C)n2ncc(C(=O)Nc3ccc(Br)nc3)c2n1. The summed E-state index contributed by atoms with van der Waals surface area (Å²) in [5.41, 5.74) is 3.38. The second-order valence-electron chi connectivity index (χ2n) is 4.66. The van der Waals surface area contributed by atoms with Crippen molar-refractivity contribution < 1.29 is 4.79 Å². The van der Waals surface area contributed by atoms with E-state index in [0.29, 0.717) is 21.5 Å². The van der Waals surface area contributed by atoms with E-state index >= 15 is 0 Å². The molecular weight excluding hydrogens is 334 g/mol. The molecule has 0 bridgehead atoms. The van der Waals surface area contributed by atoms with Crippen LogP contribution < -0.4 is 5.32 Å². The number of amides is 1. The third-order valence-electron chi connectivity index (χ3n) is 3.01. The quantitative estimate of drug-likeness (QED) is 0.725. The highest BCUT2D eigenvalue weighted by Gasteiger charge is 2.15. The zero-order chi connectivity index (χ0) is 15.0. The minimum absolute atomic E-state index is 0.258. The van der Waals surface area contributed by atoms with Gasteiger partial charge in [-0.1, -0.05) is 0 Å². The van der Waals surface area contributed by atoms with Crippen molar-refractivity contribution in [2.45, 2.75) is 13.8 Å². The first-order valence-corrected chi connectivity index (χ1v) is 7.09. The number of carbonyl (C=O) groups excluding carboxylic acids is 1. The molecule has 3 aromatic heterocycles. The molecule has 0 spiro atoms. The van der Waals surface area contributed by atoms with Gasteiger partial charge in [0.15, 0.2) is 5.65 Å². The normalized spacial score (nSPS) is 10.8. The van der Waals surface area contributed by atoms with E-state index in [2.05, 4.69) is 36.3 Å². The standard InChI is InChI=1S/C14H12BrN5O/c1-8-5-9(2)20-13(18-8)11(7-17-20)14(21)19-10-3-4-12(15)16-6-10/h3-7H,1-2H3,(H,19,21). The van der Waals surface area contributed by atoms with Gasteiger partial charge in [0.2, 0.25) is 0 Å². The summed E-state index contributed by atoms with van der Waals surface area (Å²) in [7, 11) is 0. The monoisotopic (exact) mass is 345 g/mol. The second-order valence-corrected chi connectivity index (χ2v) is 5.47. The zero-order valence-electron chi connectivity index (χ0n) is 11.5. The second kappa shape index (κ2) is 5.25. The fraction of sp³-hybridized carbons (Fsp3) is 0.143. The number of anilines is 1. The summed E-state index contributed by atoms with van der Waals surface area (Å²) in [5.74, 6) is -0.258. The van der Waals surface area contributed by atoms with Gasteiger partial charge in [0.1, 0.15) is 10.2 Å². The van der Waals surface area contributed by atoms with Crippen LogP contribution in [0.25, 0.3) is 5.65 Å². The molecular formula is C14H12BrN5O. The third kappa shape index (κ3) is 2.64. The van der Waals surface area contributed by atoms with Gasteiger partial charge in [-0.15, -0.1) is 0 Å². The van der Waals surface area contributed by atoms with Gasteiger partial charge in [0.25, 0.3) is 5.91 Å². The summed E-state index contributed by atoms with van der Waals surface area (Å²) in [6, 6.07) is 5.45. The van der Waals surface area contributed by atoms with E-state index < -0.39 is 0 Å². The summed E-state index contributed by atoms with van der Waals surface area (Å²) in [6.07, 6.45) is 3.11. The van der Waals surface area contributed by atoms with Crippen LogP contribution in [-0.4, -0.2) is 25.5 Å². The maximum atomic E-state index is 12.4. The van der Waals surface area contributed by atoms with Crippen molar-refractivity contribution in [3.05, 3.63) is 52.1 Å². The number of nitrogens with one attached hydrogen (secondary N) is 1. The maximum Gasteiger partial charge on any atom is 0.261 e. The lowest BCUT2D eigenvalue weighted by molar-refractivity contribution is 0.102. The molecule has 0 aromatic carbocycles. The van der Waals surface area contributed by atoms with Crippen molar-refractivity contribution in [1.82, 2.24) is 19.6 Å². The van der Waals surface area contributed by atoms with Gasteiger partial charge in [-0.25, -0.2) is 14.5 Å². The predicted octanol–water partition coefficient (Wildman–Crippen LogP) is 2.76. The lowest BCUT2D eigenvalue weighted by Gasteiger charge is -2.04. The fourth-order valence-electron chi connectivity index (χ4n) is 2.08. The van der Waals surface area contributed by atoms with Crippen molar-refractivity contribution in [2.24, 2.45) is 0 Å². The van der Waals surface area contributed by atoms with E-state index in [1.165, 1.54) is 6.20 Å². The predicted molar refractivity (Wildman–Crippen MR) is 82.4 cm³/mol. The molecule has 0 radical (unpaired) electrons. The van der Waals surface area contributed by atoms with E-state index in [-0.39, 0.29) is 5.91 Å². The van der Waals surface area contributed by atoms with Gasteiger partial charge >= 0.3 is 0 Å². The summed E-state index contributed by atoms with van der Waals surface area (Å²) in [5, 5.41) is 6.99. The van der Waals surface area contributed by atoms with E-state index in [4.69, 9.17) is 0 Å². The van der Waals surface area contributed by atoms with Gasteiger partial charge in [0, 0.05) is 11.4 Å². The maximum absolute atomic E-state index is 12.4. The van der Waals surface area contributed by atoms with E-state index in [1.54, 1.807) is 22.8 Å². The van der Waals surface area contributed by atoms with Crippen molar-refractivity contribution in [3.63, 3.8) is 0 Å². The van der Waals surface area contributed by atoms with Crippen LogP contribution in [0.15, 0.2) is 35.2 Å². The molecule has 106 valence electrons. The Bertz CT molecular complexity index is 825.